The Balaban J connectivity index is 0.00000363. The van der Waals surface area contributed by atoms with Gasteiger partial charge in [0.2, 0.25) is 0 Å². The second kappa shape index (κ2) is 13.3. The minimum Gasteiger partial charge on any atom is -0.497 e. The van der Waals surface area contributed by atoms with Crippen LogP contribution in [-0.2, 0) is 18.8 Å². The molecule has 0 unspecified atom stereocenters. The quantitative estimate of drug-likeness (QED) is 0.202. The summed E-state index contributed by atoms with van der Waals surface area (Å²) in [6.07, 6.45) is 2.00. The molecule has 3 rings (SSSR count). The highest BCUT2D eigenvalue weighted by Crippen LogP contribution is 2.19. The fraction of sp³-hybridized carbons (Fsp3) is 0.318. The van der Waals surface area contributed by atoms with Gasteiger partial charge in [0.25, 0.3) is 0 Å². The number of rotatable bonds is 9. The van der Waals surface area contributed by atoms with Crippen molar-refractivity contribution in [2.75, 3.05) is 19.9 Å². The summed E-state index contributed by atoms with van der Waals surface area (Å²) in [6, 6.07) is 12.4. The molecular formula is C22H28FIN6OS. The largest absolute Gasteiger partial charge is 0.497 e. The van der Waals surface area contributed by atoms with Gasteiger partial charge in [-0.15, -0.1) is 24.0 Å². The summed E-state index contributed by atoms with van der Waals surface area (Å²) < 4.78 is 18.8. The Kier molecular flexibility index (Phi) is 10.7. The predicted octanol–water partition coefficient (Wildman–Crippen LogP) is 4.36. The molecule has 3 N–H and O–H groups in total. The van der Waals surface area contributed by atoms with Gasteiger partial charge in [-0.3, -0.25) is 5.10 Å². The van der Waals surface area contributed by atoms with Crippen LogP contribution in [0.4, 0.5) is 4.39 Å². The van der Waals surface area contributed by atoms with Crippen molar-refractivity contribution in [1.82, 2.24) is 25.8 Å². The Morgan fingerprint density at radius 3 is 2.62 bits per heavy atom. The third kappa shape index (κ3) is 7.37. The van der Waals surface area contributed by atoms with Gasteiger partial charge in [-0.1, -0.05) is 6.07 Å². The zero-order valence-electron chi connectivity index (χ0n) is 18.3. The molecule has 0 spiro atoms. The monoisotopic (exact) mass is 570 g/mol. The number of thioether (sulfide) groups is 1. The van der Waals surface area contributed by atoms with Crippen LogP contribution >= 0.6 is 35.7 Å². The second-order valence-corrected chi connectivity index (χ2v) is 7.60. The predicted molar refractivity (Wildman–Crippen MR) is 139 cm³/mol. The second-order valence-electron chi connectivity index (χ2n) is 6.73. The fourth-order valence-electron chi connectivity index (χ4n) is 2.96. The van der Waals surface area contributed by atoms with Gasteiger partial charge >= 0.3 is 0 Å². The molecule has 172 valence electrons. The first-order chi connectivity index (χ1) is 15.1. The fourth-order valence-corrected chi connectivity index (χ4v) is 3.54. The lowest BCUT2D eigenvalue weighted by molar-refractivity contribution is 0.415. The van der Waals surface area contributed by atoms with E-state index in [1.54, 1.807) is 31.0 Å². The number of guanidine groups is 1. The lowest BCUT2D eigenvalue weighted by Gasteiger charge is -2.11. The number of nitrogens with one attached hydrogen (secondary N) is 3. The van der Waals surface area contributed by atoms with Crippen LogP contribution < -0.4 is 15.4 Å². The summed E-state index contributed by atoms with van der Waals surface area (Å²) in [5.41, 5.74) is 2.88. The van der Waals surface area contributed by atoms with E-state index in [1.807, 2.05) is 37.4 Å². The highest BCUT2D eigenvalue weighted by molar-refractivity contribution is 14.0. The molecule has 0 bridgehead atoms. The first-order valence-corrected chi connectivity index (χ1v) is 11.4. The van der Waals surface area contributed by atoms with E-state index >= 15 is 0 Å². The third-order valence-corrected chi connectivity index (χ3v) is 5.12. The third-order valence-electron chi connectivity index (χ3n) is 4.52. The van der Waals surface area contributed by atoms with Gasteiger partial charge in [0.05, 0.1) is 20.2 Å². The minimum absolute atomic E-state index is 0. The van der Waals surface area contributed by atoms with Crippen LogP contribution in [0.25, 0.3) is 11.4 Å². The molecule has 0 saturated carbocycles. The molecule has 1 aromatic heterocycles. The summed E-state index contributed by atoms with van der Waals surface area (Å²) in [5.74, 6) is 3.29. The lowest BCUT2D eigenvalue weighted by Crippen LogP contribution is -2.37. The highest BCUT2D eigenvalue weighted by Gasteiger charge is 2.08. The van der Waals surface area contributed by atoms with Crippen LogP contribution in [0.5, 0.6) is 5.75 Å². The van der Waals surface area contributed by atoms with Gasteiger partial charge in [-0.25, -0.2) is 14.4 Å². The highest BCUT2D eigenvalue weighted by atomic mass is 127. The van der Waals surface area contributed by atoms with E-state index in [9.17, 15) is 4.39 Å². The van der Waals surface area contributed by atoms with Gasteiger partial charge in [-0.2, -0.15) is 16.9 Å². The summed E-state index contributed by atoms with van der Waals surface area (Å²) in [6.45, 7) is 3.62. The Hall–Kier alpha value is -2.34. The summed E-state index contributed by atoms with van der Waals surface area (Å²) in [5, 5.41) is 13.7. The number of benzene rings is 2. The number of hydrogen-bond donors (Lipinski definition) is 3. The number of ether oxygens (including phenoxy) is 1. The molecular weight excluding hydrogens is 542 g/mol. The molecule has 0 aliphatic rings. The van der Waals surface area contributed by atoms with E-state index in [0.29, 0.717) is 30.7 Å². The number of nitrogens with zero attached hydrogens (tertiary/aromatic N) is 3. The van der Waals surface area contributed by atoms with Crippen molar-refractivity contribution in [3.63, 3.8) is 0 Å². The summed E-state index contributed by atoms with van der Waals surface area (Å²) in [7, 11) is 1.63. The SMILES string of the molecule is CCNC(=NCc1ccc(F)cc1CSC)NCc1nc(-c2ccc(OC)cc2)n[nH]1.I. The van der Waals surface area contributed by atoms with Crippen LogP contribution in [-0.4, -0.2) is 41.1 Å². The summed E-state index contributed by atoms with van der Waals surface area (Å²) >= 11 is 1.66. The molecule has 3 aromatic rings. The topological polar surface area (TPSA) is 87.2 Å². The smallest absolute Gasteiger partial charge is 0.191 e. The van der Waals surface area contributed by atoms with Crippen LogP contribution in [0, 0.1) is 5.82 Å². The van der Waals surface area contributed by atoms with E-state index in [1.165, 1.54) is 6.07 Å². The average molecular weight is 570 g/mol. The van der Waals surface area contributed by atoms with Crippen molar-refractivity contribution in [2.45, 2.75) is 25.8 Å². The van der Waals surface area contributed by atoms with Crippen molar-refractivity contribution in [1.29, 1.82) is 0 Å². The number of aromatic amines is 1. The van der Waals surface area contributed by atoms with Crippen LogP contribution in [0.3, 0.4) is 0 Å². The number of halogens is 2. The Labute approximate surface area is 209 Å². The molecule has 0 saturated heterocycles. The van der Waals surface area contributed by atoms with Gasteiger partial charge < -0.3 is 15.4 Å². The number of H-pyrrole nitrogens is 1. The zero-order valence-corrected chi connectivity index (χ0v) is 21.5. The van der Waals surface area contributed by atoms with E-state index in [-0.39, 0.29) is 29.8 Å². The number of hydrogen-bond acceptors (Lipinski definition) is 5. The van der Waals surface area contributed by atoms with Crippen LogP contribution in [0.2, 0.25) is 0 Å². The maximum absolute atomic E-state index is 13.6. The first kappa shape index (κ1) is 25.9. The number of aliphatic imine (C=N–C) groups is 1. The van der Waals surface area contributed by atoms with Gasteiger partial charge in [-0.05, 0) is 60.7 Å². The zero-order chi connectivity index (χ0) is 22.1. The summed E-state index contributed by atoms with van der Waals surface area (Å²) in [4.78, 5) is 9.18. The van der Waals surface area contributed by atoms with E-state index in [4.69, 9.17) is 4.74 Å². The molecule has 32 heavy (non-hydrogen) atoms. The van der Waals surface area contributed by atoms with Gasteiger partial charge in [0.1, 0.15) is 17.4 Å². The average Bonchev–Trinajstić information content (AvgIpc) is 3.26. The van der Waals surface area contributed by atoms with Gasteiger partial charge in [0, 0.05) is 17.9 Å². The van der Waals surface area contributed by atoms with Crippen molar-refractivity contribution in [3.05, 3.63) is 65.2 Å². The van der Waals surface area contributed by atoms with Crippen LogP contribution in [0.1, 0.15) is 23.9 Å². The molecule has 0 radical (unpaired) electrons. The molecule has 0 atom stereocenters. The molecule has 0 aliphatic heterocycles. The maximum atomic E-state index is 13.6. The molecule has 10 heteroatoms. The molecule has 0 aliphatic carbocycles. The molecule has 0 fully saturated rings. The minimum atomic E-state index is -0.222. The Bertz CT molecular complexity index is 1010. The number of aromatic nitrogens is 3. The molecule has 2 aromatic carbocycles. The van der Waals surface area contributed by atoms with Crippen molar-refractivity contribution in [3.8, 4) is 17.1 Å². The normalized spacial score (nSPS) is 11.1. The van der Waals surface area contributed by atoms with E-state index in [0.717, 1.165) is 34.7 Å². The molecule has 0 amide bonds. The van der Waals surface area contributed by atoms with Gasteiger partial charge in [0.15, 0.2) is 11.8 Å². The van der Waals surface area contributed by atoms with Crippen molar-refractivity contribution >= 4 is 41.7 Å². The first-order valence-electron chi connectivity index (χ1n) is 9.97. The number of methoxy groups -OCH3 is 1. The van der Waals surface area contributed by atoms with E-state index in [2.05, 4.69) is 30.8 Å². The Morgan fingerprint density at radius 1 is 1.16 bits per heavy atom. The standard InChI is InChI=1S/C22H27FN6OS.HI/c1-4-24-22(25-12-16-5-8-18(23)11-17(16)14-31-3)26-13-20-27-21(29-28-20)15-6-9-19(30-2)10-7-15;/h5-11H,4,12-14H2,1-3H3,(H2,24,25,26)(H,27,28,29);1H. The van der Waals surface area contributed by atoms with Crippen LogP contribution in [0.15, 0.2) is 47.5 Å². The van der Waals surface area contributed by atoms with Crippen molar-refractivity contribution < 1.29 is 9.13 Å². The molecule has 1 heterocycles. The maximum Gasteiger partial charge on any atom is 0.191 e. The molecule has 7 nitrogen and oxygen atoms in total. The van der Waals surface area contributed by atoms with Crippen molar-refractivity contribution in [2.24, 2.45) is 4.99 Å². The Morgan fingerprint density at radius 2 is 1.94 bits per heavy atom. The lowest BCUT2D eigenvalue weighted by atomic mass is 10.1. The van der Waals surface area contributed by atoms with E-state index < -0.39 is 0 Å².